The zero-order valence-electron chi connectivity index (χ0n) is 9.19. The normalized spacial score (nSPS) is 15.8. The van der Waals surface area contributed by atoms with Gasteiger partial charge >= 0.3 is 0 Å². The van der Waals surface area contributed by atoms with Gasteiger partial charge in [-0.3, -0.25) is 4.79 Å². The van der Waals surface area contributed by atoms with Crippen molar-refractivity contribution in [3.05, 3.63) is 24.3 Å². The zero-order valence-corrected chi connectivity index (χ0v) is 10.0. The van der Waals surface area contributed by atoms with Crippen molar-refractivity contribution in [2.75, 3.05) is 23.7 Å². The van der Waals surface area contributed by atoms with E-state index in [2.05, 4.69) is 6.07 Å². The Kier molecular flexibility index (Phi) is 3.85. The van der Waals surface area contributed by atoms with Crippen molar-refractivity contribution in [1.29, 1.82) is 0 Å². The molecular formula is C12H16N2OS. The van der Waals surface area contributed by atoms with Crippen molar-refractivity contribution >= 4 is 23.4 Å². The van der Waals surface area contributed by atoms with E-state index < -0.39 is 0 Å². The maximum absolute atomic E-state index is 12.0. The van der Waals surface area contributed by atoms with Crippen molar-refractivity contribution in [2.24, 2.45) is 5.73 Å². The van der Waals surface area contributed by atoms with Gasteiger partial charge in [0.2, 0.25) is 5.91 Å². The van der Waals surface area contributed by atoms with Crippen LogP contribution in [0.15, 0.2) is 29.2 Å². The topological polar surface area (TPSA) is 46.3 Å². The molecule has 0 aliphatic carbocycles. The zero-order chi connectivity index (χ0) is 11.4. The van der Waals surface area contributed by atoms with Crippen LogP contribution in [0.3, 0.4) is 0 Å². The first-order chi connectivity index (χ1) is 7.83. The maximum Gasteiger partial charge on any atom is 0.227 e. The average molecular weight is 236 g/mol. The van der Waals surface area contributed by atoms with Crippen LogP contribution in [0, 0.1) is 0 Å². The number of nitrogens with two attached hydrogens (primary N) is 1. The number of nitrogens with zero attached hydrogens (tertiary/aromatic N) is 1. The molecule has 1 aromatic rings. The number of carbonyl (C=O) groups excluding carboxylic acids is 1. The van der Waals surface area contributed by atoms with Gasteiger partial charge in [-0.2, -0.15) is 0 Å². The first kappa shape index (κ1) is 11.5. The molecule has 1 aromatic carbocycles. The third kappa shape index (κ3) is 2.39. The molecule has 0 aromatic heterocycles. The van der Waals surface area contributed by atoms with Crippen molar-refractivity contribution < 1.29 is 4.79 Å². The molecule has 0 saturated carbocycles. The summed E-state index contributed by atoms with van der Waals surface area (Å²) in [6.07, 6.45) is 1.47. The van der Waals surface area contributed by atoms with Crippen molar-refractivity contribution in [3.8, 4) is 0 Å². The molecule has 4 heteroatoms. The fraction of sp³-hybridized carbons (Fsp3) is 0.417. The molecule has 2 rings (SSSR count). The monoisotopic (exact) mass is 236 g/mol. The molecule has 0 bridgehead atoms. The van der Waals surface area contributed by atoms with E-state index in [0.717, 1.165) is 24.4 Å². The minimum absolute atomic E-state index is 0.214. The lowest BCUT2D eigenvalue weighted by atomic mass is 10.2. The van der Waals surface area contributed by atoms with E-state index >= 15 is 0 Å². The van der Waals surface area contributed by atoms with Gasteiger partial charge in [0.05, 0.1) is 5.69 Å². The van der Waals surface area contributed by atoms with Crippen molar-refractivity contribution in [3.63, 3.8) is 0 Å². The lowest BCUT2D eigenvalue weighted by Gasteiger charge is -2.22. The van der Waals surface area contributed by atoms with Crippen LogP contribution in [0.1, 0.15) is 12.8 Å². The molecule has 16 heavy (non-hydrogen) atoms. The van der Waals surface area contributed by atoms with Crippen LogP contribution < -0.4 is 10.6 Å². The standard InChI is InChI=1S/C12H16N2OS/c13-7-3-8-14-10-4-1-2-5-11(10)16-9-6-12(14)15/h1-2,4-5H,3,6-9,13H2. The van der Waals surface area contributed by atoms with Gasteiger partial charge in [0.25, 0.3) is 0 Å². The van der Waals surface area contributed by atoms with Gasteiger partial charge in [-0.05, 0) is 25.1 Å². The molecule has 2 N–H and O–H groups in total. The fourth-order valence-corrected chi connectivity index (χ4v) is 2.81. The van der Waals surface area contributed by atoms with Crippen molar-refractivity contribution in [2.45, 2.75) is 17.7 Å². The second-order valence-corrected chi connectivity index (χ2v) is 4.89. The Morgan fingerprint density at radius 1 is 1.38 bits per heavy atom. The summed E-state index contributed by atoms with van der Waals surface area (Å²) in [4.78, 5) is 15.0. The highest BCUT2D eigenvalue weighted by atomic mass is 32.2. The summed E-state index contributed by atoms with van der Waals surface area (Å²) in [6.45, 7) is 1.35. The molecule has 1 amide bonds. The van der Waals surface area contributed by atoms with Crippen LogP contribution >= 0.6 is 11.8 Å². The van der Waals surface area contributed by atoms with E-state index in [0.29, 0.717) is 13.0 Å². The molecule has 0 spiro atoms. The van der Waals surface area contributed by atoms with Gasteiger partial charge in [0, 0.05) is 23.6 Å². The largest absolute Gasteiger partial charge is 0.330 e. The number of rotatable bonds is 3. The Labute approximate surface area is 100.0 Å². The Bertz CT molecular complexity index is 381. The van der Waals surface area contributed by atoms with E-state index in [1.807, 2.05) is 23.1 Å². The molecule has 1 aliphatic rings. The number of benzene rings is 1. The molecular weight excluding hydrogens is 220 g/mol. The summed E-state index contributed by atoms with van der Waals surface area (Å²) in [5.41, 5.74) is 6.55. The van der Waals surface area contributed by atoms with Gasteiger partial charge < -0.3 is 10.6 Å². The Morgan fingerprint density at radius 2 is 2.19 bits per heavy atom. The lowest BCUT2D eigenvalue weighted by Crippen LogP contribution is -2.32. The number of anilines is 1. The first-order valence-corrected chi connectivity index (χ1v) is 6.54. The Morgan fingerprint density at radius 3 is 3.00 bits per heavy atom. The van der Waals surface area contributed by atoms with Gasteiger partial charge in [-0.15, -0.1) is 11.8 Å². The van der Waals surface area contributed by atoms with Crippen molar-refractivity contribution in [1.82, 2.24) is 0 Å². The van der Waals surface area contributed by atoms with E-state index in [4.69, 9.17) is 5.73 Å². The highest BCUT2D eigenvalue weighted by Gasteiger charge is 2.21. The molecule has 1 heterocycles. The third-order valence-corrected chi connectivity index (χ3v) is 3.68. The SMILES string of the molecule is NCCCN1C(=O)CCSc2ccccc21. The highest BCUT2D eigenvalue weighted by Crippen LogP contribution is 2.33. The number of fused-ring (bicyclic) bond motifs is 1. The quantitative estimate of drug-likeness (QED) is 0.871. The summed E-state index contributed by atoms with van der Waals surface area (Å²) < 4.78 is 0. The van der Waals surface area contributed by atoms with E-state index in [9.17, 15) is 4.79 Å². The summed E-state index contributed by atoms with van der Waals surface area (Å²) in [5, 5.41) is 0. The smallest absolute Gasteiger partial charge is 0.227 e. The molecule has 0 fully saturated rings. The van der Waals surface area contributed by atoms with Crippen LogP contribution in [0.2, 0.25) is 0 Å². The van der Waals surface area contributed by atoms with Crippen LogP contribution in [0.4, 0.5) is 5.69 Å². The highest BCUT2D eigenvalue weighted by molar-refractivity contribution is 7.99. The van der Waals surface area contributed by atoms with Crippen LogP contribution in [0.5, 0.6) is 0 Å². The number of carbonyl (C=O) groups is 1. The van der Waals surface area contributed by atoms with Gasteiger partial charge in [-0.1, -0.05) is 12.1 Å². The molecule has 0 unspecified atom stereocenters. The van der Waals surface area contributed by atoms with E-state index in [1.165, 1.54) is 4.90 Å². The number of thioether (sulfide) groups is 1. The predicted molar refractivity (Wildman–Crippen MR) is 67.8 cm³/mol. The summed E-state index contributed by atoms with van der Waals surface area (Å²) in [7, 11) is 0. The number of amides is 1. The Hall–Kier alpha value is -1.00. The van der Waals surface area contributed by atoms with Crippen LogP contribution in [0.25, 0.3) is 0 Å². The molecule has 0 atom stereocenters. The first-order valence-electron chi connectivity index (χ1n) is 5.55. The second kappa shape index (κ2) is 5.37. The molecule has 1 aliphatic heterocycles. The fourth-order valence-electron chi connectivity index (χ4n) is 1.81. The number of hydrogen-bond donors (Lipinski definition) is 1. The minimum Gasteiger partial charge on any atom is -0.330 e. The summed E-state index contributed by atoms with van der Waals surface area (Å²) in [5.74, 6) is 1.08. The maximum atomic E-state index is 12.0. The van der Waals surface area contributed by atoms with Crippen LogP contribution in [-0.4, -0.2) is 24.7 Å². The van der Waals surface area contributed by atoms with Gasteiger partial charge in [-0.25, -0.2) is 0 Å². The average Bonchev–Trinajstić information content (AvgIpc) is 2.46. The number of para-hydroxylation sites is 1. The summed E-state index contributed by atoms with van der Waals surface area (Å²) in [6, 6.07) is 8.09. The molecule has 0 radical (unpaired) electrons. The minimum atomic E-state index is 0.214. The third-order valence-electron chi connectivity index (χ3n) is 2.62. The molecule has 86 valence electrons. The van der Waals surface area contributed by atoms with E-state index in [1.54, 1.807) is 11.8 Å². The van der Waals surface area contributed by atoms with Gasteiger partial charge in [0.1, 0.15) is 0 Å². The lowest BCUT2D eigenvalue weighted by molar-refractivity contribution is -0.118. The molecule has 3 nitrogen and oxygen atoms in total. The van der Waals surface area contributed by atoms with E-state index in [-0.39, 0.29) is 5.91 Å². The summed E-state index contributed by atoms with van der Waals surface area (Å²) >= 11 is 1.76. The Balaban J connectivity index is 2.28. The number of hydrogen-bond acceptors (Lipinski definition) is 3. The molecule has 0 saturated heterocycles. The predicted octanol–water partition coefficient (Wildman–Crippen LogP) is 1.86. The van der Waals surface area contributed by atoms with Crippen LogP contribution in [-0.2, 0) is 4.79 Å². The second-order valence-electron chi connectivity index (χ2n) is 3.75. The van der Waals surface area contributed by atoms with Gasteiger partial charge in [0.15, 0.2) is 0 Å².